The van der Waals surface area contributed by atoms with Crippen LogP contribution < -0.4 is 5.56 Å². The molecule has 3 aromatic rings. The maximum atomic E-state index is 13.0. The maximum Gasteiger partial charge on any atom is 0.451 e. The number of aromatic amines is 1. The SMILES string of the molecule is Cc1c(Cc2cccc(C(=O)N3CCn4c(nnc4C(F)(F)F)C3)c2)n[nH]c(=O)c1C. The molecule has 0 aliphatic carbocycles. The van der Waals surface area contributed by atoms with Crippen molar-refractivity contribution in [2.75, 3.05) is 6.54 Å². The van der Waals surface area contributed by atoms with Gasteiger partial charge >= 0.3 is 6.18 Å². The zero-order valence-corrected chi connectivity index (χ0v) is 16.8. The van der Waals surface area contributed by atoms with E-state index in [4.69, 9.17) is 0 Å². The summed E-state index contributed by atoms with van der Waals surface area (Å²) >= 11 is 0. The lowest BCUT2D eigenvalue weighted by Crippen LogP contribution is -2.39. The third-order valence-electron chi connectivity index (χ3n) is 5.47. The van der Waals surface area contributed by atoms with E-state index in [1.165, 1.54) is 4.90 Å². The largest absolute Gasteiger partial charge is 0.451 e. The van der Waals surface area contributed by atoms with Crippen molar-refractivity contribution >= 4 is 5.91 Å². The minimum atomic E-state index is -4.59. The molecule has 3 heterocycles. The van der Waals surface area contributed by atoms with Gasteiger partial charge in [0.15, 0.2) is 5.82 Å². The Morgan fingerprint density at radius 1 is 1.16 bits per heavy atom. The van der Waals surface area contributed by atoms with E-state index in [1.807, 2.05) is 13.0 Å². The number of nitrogens with zero attached hydrogens (tertiary/aromatic N) is 5. The lowest BCUT2D eigenvalue weighted by atomic mass is 10.0. The van der Waals surface area contributed by atoms with Crippen LogP contribution in [0.4, 0.5) is 13.2 Å². The zero-order chi connectivity index (χ0) is 22.3. The van der Waals surface area contributed by atoms with Crippen LogP contribution in [0, 0.1) is 13.8 Å². The molecule has 11 heteroatoms. The predicted octanol–water partition coefficient (Wildman–Crippen LogP) is 2.24. The first kappa shape index (κ1) is 20.8. The Balaban J connectivity index is 1.53. The Morgan fingerprint density at radius 2 is 1.94 bits per heavy atom. The smallest absolute Gasteiger partial charge is 0.329 e. The molecule has 31 heavy (non-hydrogen) atoms. The van der Waals surface area contributed by atoms with Crippen molar-refractivity contribution in [2.24, 2.45) is 0 Å². The van der Waals surface area contributed by atoms with Gasteiger partial charge in [-0.05, 0) is 37.1 Å². The van der Waals surface area contributed by atoms with Crippen molar-refractivity contribution in [1.82, 2.24) is 29.9 Å². The number of hydrogen-bond donors (Lipinski definition) is 1. The number of fused-ring (bicyclic) bond motifs is 1. The highest BCUT2D eigenvalue weighted by Crippen LogP contribution is 2.29. The lowest BCUT2D eigenvalue weighted by Gasteiger charge is -2.28. The number of hydrogen-bond acceptors (Lipinski definition) is 5. The van der Waals surface area contributed by atoms with Crippen LogP contribution >= 0.6 is 0 Å². The average Bonchev–Trinajstić information content (AvgIpc) is 3.18. The molecule has 0 saturated heterocycles. The number of halogens is 3. The molecule has 0 atom stereocenters. The molecule has 0 saturated carbocycles. The first-order chi connectivity index (χ1) is 14.6. The fourth-order valence-corrected chi connectivity index (χ4v) is 3.58. The van der Waals surface area contributed by atoms with Crippen molar-refractivity contribution in [3.63, 3.8) is 0 Å². The molecule has 2 aromatic heterocycles. The summed E-state index contributed by atoms with van der Waals surface area (Å²) in [4.78, 5) is 26.1. The molecule has 1 aliphatic rings. The molecule has 0 spiro atoms. The second-order valence-electron chi connectivity index (χ2n) is 7.44. The summed E-state index contributed by atoms with van der Waals surface area (Å²) in [7, 11) is 0. The van der Waals surface area contributed by atoms with E-state index in [2.05, 4.69) is 20.4 Å². The molecule has 8 nitrogen and oxygen atoms in total. The Labute approximate surface area is 174 Å². The Bertz CT molecular complexity index is 1210. The van der Waals surface area contributed by atoms with Crippen LogP contribution in [0.5, 0.6) is 0 Å². The van der Waals surface area contributed by atoms with Gasteiger partial charge in [0.1, 0.15) is 0 Å². The van der Waals surface area contributed by atoms with Gasteiger partial charge in [-0.25, -0.2) is 5.10 Å². The number of benzene rings is 1. The number of carbonyl (C=O) groups is 1. The van der Waals surface area contributed by atoms with Gasteiger partial charge in [-0.2, -0.15) is 18.3 Å². The molecule has 162 valence electrons. The van der Waals surface area contributed by atoms with Crippen molar-refractivity contribution in [3.05, 3.63) is 74.2 Å². The quantitative estimate of drug-likeness (QED) is 0.685. The van der Waals surface area contributed by atoms with Gasteiger partial charge in [0.2, 0.25) is 5.82 Å². The van der Waals surface area contributed by atoms with E-state index < -0.39 is 12.0 Å². The molecule has 1 aromatic carbocycles. The summed E-state index contributed by atoms with van der Waals surface area (Å²) in [6.07, 6.45) is -4.16. The molecule has 1 aliphatic heterocycles. The van der Waals surface area contributed by atoms with Gasteiger partial charge in [-0.3, -0.25) is 9.59 Å². The van der Waals surface area contributed by atoms with Crippen molar-refractivity contribution < 1.29 is 18.0 Å². The molecule has 0 radical (unpaired) electrons. The second kappa shape index (κ2) is 7.64. The fraction of sp³-hybridized carbons (Fsp3) is 0.350. The number of H-pyrrole nitrogens is 1. The van der Waals surface area contributed by atoms with E-state index in [0.717, 1.165) is 15.7 Å². The van der Waals surface area contributed by atoms with Crippen LogP contribution in [-0.2, 0) is 25.7 Å². The molecular weight excluding hydrogens is 413 g/mol. The molecule has 1 N–H and O–H groups in total. The molecule has 0 bridgehead atoms. The van der Waals surface area contributed by atoms with Gasteiger partial charge in [0, 0.05) is 30.6 Å². The van der Waals surface area contributed by atoms with E-state index in [9.17, 15) is 22.8 Å². The van der Waals surface area contributed by atoms with Gasteiger partial charge in [0.05, 0.1) is 12.2 Å². The Hall–Kier alpha value is -3.50. The van der Waals surface area contributed by atoms with Crippen LogP contribution in [-0.4, -0.2) is 42.3 Å². The zero-order valence-electron chi connectivity index (χ0n) is 16.8. The summed E-state index contributed by atoms with van der Waals surface area (Å²) in [6, 6.07) is 6.97. The summed E-state index contributed by atoms with van der Waals surface area (Å²) in [5.41, 5.74) is 3.08. The topological polar surface area (TPSA) is 96.8 Å². The molecular formula is C20H19F3N6O2. The van der Waals surface area contributed by atoms with Gasteiger partial charge in [0.25, 0.3) is 11.5 Å². The monoisotopic (exact) mass is 432 g/mol. The van der Waals surface area contributed by atoms with Crippen molar-refractivity contribution in [1.29, 1.82) is 0 Å². The highest BCUT2D eigenvalue weighted by molar-refractivity contribution is 5.94. The fourth-order valence-electron chi connectivity index (χ4n) is 3.58. The van der Waals surface area contributed by atoms with Crippen LogP contribution in [0.15, 0.2) is 29.1 Å². The van der Waals surface area contributed by atoms with Gasteiger partial charge < -0.3 is 9.47 Å². The molecule has 0 unspecified atom stereocenters. The number of nitrogens with one attached hydrogen (secondary N) is 1. The summed E-state index contributed by atoms with van der Waals surface area (Å²) in [6.45, 7) is 3.59. The van der Waals surface area contributed by atoms with Gasteiger partial charge in [-0.1, -0.05) is 12.1 Å². The number of rotatable bonds is 3. The molecule has 1 amide bonds. The summed E-state index contributed by atoms with van der Waals surface area (Å²) in [5, 5.41) is 13.4. The second-order valence-corrected chi connectivity index (χ2v) is 7.44. The summed E-state index contributed by atoms with van der Waals surface area (Å²) < 4.78 is 40.0. The third kappa shape index (κ3) is 3.94. The van der Waals surface area contributed by atoms with E-state index in [1.54, 1.807) is 25.1 Å². The average molecular weight is 432 g/mol. The standard InChI is InChI=1S/C20H19F3N6O2/c1-11-12(2)17(30)26-24-15(11)9-13-4-3-5-14(8-13)18(31)28-6-7-29-16(10-28)25-27-19(29)20(21,22)23/h3-5,8H,6-7,9-10H2,1-2H3,(H,26,30). The van der Waals surface area contributed by atoms with E-state index >= 15 is 0 Å². The number of aromatic nitrogens is 5. The minimum absolute atomic E-state index is 0.0254. The van der Waals surface area contributed by atoms with E-state index in [-0.39, 0.29) is 36.9 Å². The highest BCUT2D eigenvalue weighted by atomic mass is 19.4. The van der Waals surface area contributed by atoms with E-state index in [0.29, 0.717) is 23.2 Å². The highest BCUT2D eigenvalue weighted by Gasteiger charge is 2.40. The molecule has 4 rings (SSSR count). The first-order valence-corrected chi connectivity index (χ1v) is 9.57. The number of alkyl halides is 3. The predicted molar refractivity (Wildman–Crippen MR) is 103 cm³/mol. The minimum Gasteiger partial charge on any atom is -0.329 e. The number of carbonyl (C=O) groups excluding carboxylic acids is 1. The van der Waals surface area contributed by atoms with Crippen LogP contribution in [0.3, 0.4) is 0 Å². The van der Waals surface area contributed by atoms with Crippen LogP contribution in [0.1, 0.15) is 44.4 Å². The third-order valence-corrected chi connectivity index (χ3v) is 5.47. The number of amides is 1. The Kier molecular flexibility index (Phi) is 5.11. The van der Waals surface area contributed by atoms with Gasteiger partial charge in [-0.15, -0.1) is 10.2 Å². The van der Waals surface area contributed by atoms with Crippen molar-refractivity contribution in [3.8, 4) is 0 Å². The molecule has 0 fully saturated rings. The van der Waals surface area contributed by atoms with Crippen LogP contribution in [0.25, 0.3) is 0 Å². The normalized spacial score (nSPS) is 13.9. The lowest BCUT2D eigenvalue weighted by molar-refractivity contribution is -0.147. The Morgan fingerprint density at radius 3 is 2.68 bits per heavy atom. The maximum absolute atomic E-state index is 13.0. The van der Waals surface area contributed by atoms with Crippen LogP contribution in [0.2, 0.25) is 0 Å². The van der Waals surface area contributed by atoms with Crippen molar-refractivity contribution in [2.45, 2.75) is 39.5 Å². The first-order valence-electron chi connectivity index (χ1n) is 9.57. The summed E-state index contributed by atoms with van der Waals surface area (Å²) in [5.74, 6) is -1.24.